The molecule has 3 amide bonds. The molecule has 9 nitrogen and oxygen atoms in total. The fourth-order valence-corrected chi connectivity index (χ4v) is 3.45. The summed E-state index contributed by atoms with van der Waals surface area (Å²) in [4.78, 5) is 37.3. The Balaban J connectivity index is 1.48. The van der Waals surface area contributed by atoms with Gasteiger partial charge < -0.3 is 16.0 Å². The quantitative estimate of drug-likeness (QED) is 0.498. The molecule has 1 fully saturated rings. The SMILES string of the molecule is CC(C(=O)Nc1ccccc1[N+](=O)[O-])N1CCC(NC(=O)Nc2ccccc2)CC1. The minimum Gasteiger partial charge on any atom is -0.335 e. The van der Waals surface area contributed by atoms with Crippen LogP contribution in [0.2, 0.25) is 0 Å². The zero-order valence-electron chi connectivity index (χ0n) is 16.7. The molecule has 0 spiro atoms. The van der Waals surface area contributed by atoms with E-state index in [9.17, 15) is 19.7 Å². The highest BCUT2D eigenvalue weighted by Crippen LogP contribution is 2.24. The monoisotopic (exact) mass is 411 g/mol. The van der Waals surface area contributed by atoms with E-state index in [0.29, 0.717) is 25.9 Å². The first-order valence-electron chi connectivity index (χ1n) is 9.85. The number of hydrogen-bond acceptors (Lipinski definition) is 5. The predicted molar refractivity (Wildman–Crippen MR) is 114 cm³/mol. The molecule has 3 rings (SSSR count). The molecule has 1 aliphatic rings. The third-order valence-electron chi connectivity index (χ3n) is 5.18. The number of nitrogens with one attached hydrogen (secondary N) is 3. The highest BCUT2D eigenvalue weighted by molar-refractivity contribution is 5.96. The summed E-state index contributed by atoms with van der Waals surface area (Å²) in [6.45, 7) is 3.06. The molecule has 2 aromatic carbocycles. The second-order valence-corrected chi connectivity index (χ2v) is 7.21. The Kier molecular flexibility index (Phi) is 6.97. The normalized spacial score (nSPS) is 15.8. The van der Waals surface area contributed by atoms with Gasteiger partial charge in [-0.3, -0.25) is 19.8 Å². The van der Waals surface area contributed by atoms with Crippen LogP contribution in [0.4, 0.5) is 21.9 Å². The number of carbonyl (C=O) groups excluding carboxylic acids is 2. The second-order valence-electron chi connectivity index (χ2n) is 7.21. The maximum Gasteiger partial charge on any atom is 0.319 e. The van der Waals surface area contributed by atoms with Gasteiger partial charge in [-0.2, -0.15) is 0 Å². The van der Waals surface area contributed by atoms with E-state index in [0.717, 1.165) is 5.69 Å². The number of carbonyl (C=O) groups is 2. The van der Waals surface area contributed by atoms with Crippen LogP contribution in [-0.2, 0) is 4.79 Å². The summed E-state index contributed by atoms with van der Waals surface area (Å²) in [5.41, 5.74) is 0.784. The van der Waals surface area contributed by atoms with Crippen LogP contribution in [0.5, 0.6) is 0 Å². The fourth-order valence-electron chi connectivity index (χ4n) is 3.45. The van der Waals surface area contributed by atoms with Crippen molar-refractivity contribution >= 4 is 29.0 Å². The molecule has 2 aromatic rings. The third-order valence-corrected chi connectivity index (χ3v) is 5.18. The van der Waals surface area contributed by atoms with E-state index in [1.165, 1.54) is 12.1 Å². The van der Waals surface area contributed by atoms with E-state index < -0.39 is 11.0 Å². The van der Waals surface area contributed by atoms with Crippen molar-refractivity contribution in [3.05, 3.63) is 64.7 Å². The minimum atomic E-state index is -0.516. The average Bonchev–Trinajstić information content (AvgIpc) is 2.74. The Morgan fingerprint density at radius 1 is 1.03 bits per heavy atom. The lowest BCUT2D eigenvalue weighted by atomic mass is 10.0. The summed E-state index contributed by atoms with van der Waals surface area (Å²) in [6.07, 6.45) is 1.43. The van der Waals surface area contributed by atoms with Crippen LogP contribution in [0.15, 0.2) is 54.6 Å². The average molecular weight is 411 g/mol. The van der Waals surface area contributed by atoms with Crippen molar-refractivity contribution in [1.29, 1.82) is 0 Å². The number of likely N-dealkylation sites (tertiary alicyclic amines) is 1. The number of para-hydroxylation sites is 3. The van der Waals surface area contributed by atoms with Crippen LogP contribution in [0, 0.1) is 10.1 Å². The molecular formula is C21H25N5O4. The van der Waals surface area contributed by atoms with Crippen LogP contribution in [0.25, 0.3) is 0 Å². The van der Waals surface area contributed by atoms with Crippen LogP contribution in [-0.4, -0.2) is 46.9 Å². The van der Waals surface area contributed by atoms with Gasteiger partial charge in [-0.05, 0) is 38.0 Å². The first kappa shape index (κ1) is 21.3. The first-order valence-corrected chi connectivity index (χ1v) is 9.85. The van der Waals surface area contributed by atoms with E-state index in [-0.39, 0.29) is 29.4 Å². The molecule has 0 aliphatic carbocycles. The van der Waals surface area contributed by atoms with Crippen LogP contribution in [0.3, 0.4) is 0 Å². The summed E-state index contributed by atoms with van der Waals surface area (Å²) < 4.78 is 0. The number of piperidine rings is 1. The number of nitrogens with zero attached hydrogens (tertiary/aromatic N) is 2. The topological polar surface area (TPSA) is 117 Å². The first-order chi connectivity index (χ1) is 14.4. The molecule has 0 aromatic heterocycles. The van der Waals surface area contributed by atoms with E-state index in [2.05, 4.69) is 16.0 Å². The number of nitro groups is 1. The van der Waals surface area contributed by atoms with Gasteiger partial charge in [-0.25, -0.2) is 4.79 Å². The van der Waals surface area contributed by atoms with Crippen molar-refractivity contribution in [2.45, 2.75) is 31.8 Å². The molecule has 9 heteroatoms. The summed E-state index contributed by atoms with van der Waals surface area (Å²) in [5, 5.41) is 19.5. The molecule has 30 heavy (non-hydrogen) atoms. The Bertz CT molecular complexity index is 897. The number of rotatable bonds is 6. The van der Waals surface area contributed by atoms with Crippen molar-refractivity contribution in [2.75, 3.05) is 23.7 Å². The Morgan fingerprint density at radius 3 is 2.33 bits per heavy atom. The fraction of sp³-hybridized carbons (Fsp3) is 0.333. The van der Waals surface area contributed by atoms with Gasteiger partial charge in [0.05, 0.1) is 11.0 Å². The van der Waals surface area contributed by atoms with E-state index in [1.807, 2.05) is 35.2 Å². The Morgan fingerprint density at radius 2 is 1.67 bits per heavy atom. The lowest BCUT2D eigenvalue weighted by Gasteiger charge is -2.35. The van der Waals surface area contributed by atoms with E-state index in [4.69, 9.17) is 0 Å². The van der Waals surface area contributed by atoms with Crippen molar-refractivity contribution in [3.63, 3.8) is 0 Å². The van der Waals surface area contributed by atoms with E-state index in [1.54, 1.807) is 19.1 Å². The van der Waals surface area contributed by atoms with Gasteiger partial charge in [0.1, 0.15) is 5.69 Å². The Labute approximate surface area is 174 Å². The zero-order valence-corrected chi connectivity index (χ0v) is 16.7. The summed E-state index contributed by atoms with van der Waals surface area (Å²) >= 11 is 0. The third kappa shape index (κ3) is 5.54. The molecule has 158 valence electrons. The van der Waals surface area contributed by atoms with Gasteiger partial charge in [0, 0.05) is 30.9 Å². The maximum absolute atomic E-state index is 12.6. The zero-order chi connectivity index (χ0) is 21.5. The highest BCUT2D eigenvalue weighted by Gasteiger charge is 2.28. The molecule has 1 atom stereocenters. The molecule has 3 N–H and O–H groups in total. The van der Waals surface area contributed by atoms with Crippen LogP contribution < -0.4 is 16.0 Å². The Hall–Kier alpha value is -3.46. The van der Waals surface area contributed by atoms with Gasteiger partial charge in [0.15, 0.2) is 0 Å². The lowest BCUT2D eigenvalue weighted by molar-refractivity contribution is -0.383. The largest absolute Gasteiger partial charge is 0.335 e. The van der Waals surface area contributed by atoms with Crippen molar-refractivity contribution in [2.24, 2.45) is 0 Å². The number of nitro benzene ring substituents is 1. The molecule has 0 radical (unpaired) electrons. The predicted octanol–water partition coefficient (Wildman–Crippen LogP) is 3.21. The smallest absolute Gasteiger partial charge is 0.319 e. The van der Waals surface area contributed by atoms with Crippen molar-refractivity contribution in [1.82, 2.24) is 10.2 Å². The van der Waals surface area contributed by atoms with Gasteiger partial charge in [-0.15, -0.1) is 0 Å². The van der Waals surface area contributed by atoms with Gasteiger partial charge >= 0.3 is 6.03 Å². The maximum atomic E-state index is 12.6. The minimum absolute atomic E-state index is 0.0236. The number of anilines is 2. The van der Waals surface area contributed by atoms with Crippen molar-refractivity contribution in [3.8, 4) is 0 Å². The van der Waals surface area contributed by atoms with Crippen LogP contribution in [0.1, 0.15) is 19.8 Å². The number of hydrogen-bond donors (Lipinski definition) is 3. The molecular weight excluding hydrogens is 386 g/mol. The van der Waals surface area contributed by atoms with Gasteiger partial charge in [0.2, 0.25) is 5.91 Å². The summed E-state index contributed by atoms with van der Waals surface area (Å²) in [5.74, 6) is -0.294. The molecule has 1 saturated heterocycles. The number of urea groups is 1. The molecule has 1 aliphatic heterocycles. The van der Waals surface area contributed by atoms with Gasteiger partial charge in [0.25, 0.3) is 5.69 Å². The molecule has 0 saturated carbocycles. The van der Waals surface area contributed by atoms with Crippen molar-refractivity contribution < 1.29 is 14.5 Å². The molecule has 1 unspecified atom stereocenters. The highest BCUT2D eigenvalue weighted by atomic mass is 16.6. The molecule has 0 bridgehead atoms. The summed E-state index contributed by atoms with van der Waals surface area (Å²) in [6, 6.07) is 14.6. The van der Waals surface area contributed by atoms with Gasteiger partial charge in [-0.1, -0.05) is 30.3 Å². The molecule has 1 heterocycles. The summed E-state index contributed by atoms with van der Waals surface area (Å²) in [7, 11) is 0. The lowest BCUT2D eigenvalue weighted by Crippen LogP contribution is -2.51. The second kappa shape index (κ2) is 9.84. The van der Waals surface area contributed by atoms with E-state index >= 15 is 0 Å². The number of amides is 3. The number of benzene rings is 2. The standard InChI is InChI=1S/C21H25N5O4/c1-15(20(27)24-18-9-5-6-10-19(18)26(29)30)25-13-11-17(12-14-25)23-21(28)22-16-7-3-2-4-8-16/h2-10,15,17H,11-14H2,1H3,(H,24,27)(H2,22,23,28). The van der Waals surface area contributed by atoms with Crippen LogP contribution >= 0.6 is 0 Å².